The van der Waals surface area contributed by atoms with Gasteiger partial charge in [-0.15, -0.1) is 0 Å². The van der Waals surface area contributed by atoms with E-state index in [0.717, 1.165) is 15.6 Å². The molecule has 0 fully saturated rings. The molecule has 1 N–H and O–H groups in total. The molecule has 0 aromatic heterocycles. The first-order valence-corrected chi connectivity index (χ1v) is 10.9. The van der Waals surface area contributed by atoms with E-state index in [-0.39, 0.29) is 5.91 Å². The van der Waals surface area contributed by atoms with E-state index in [2.05, 4.69) is 26.5 Å². The molecule has 5 nitrogen and oxygen atoms in total. The fraction of sp³-hybridized carbons (Fsp3) is 0.130. The minimum absolute atomic E-state index is 0.333. The average molecular weight is 522 g/mol. The van der Waals surface area contributed by atoms with E-state index < -0.39 is 0 Å². The summed E-state index contributed by atoms with van der Waals surface area (Å²) in [7, 11) is 0. The first-order valence-electron chi connectivity index (χ1n) is 9.39. The van der Waals surface area contributed by atoms with E-state index in [0.29, 0.717) is 40.3 Å². The molecule has 0 aliphatic rings. The van der Waals surface area contributed by atoms with Crippen LogP contribution in [0.1, 0.15) is 28.4 Å². The third-order valence-electron chi connectivity index (χ3n) is 4.15. The molecule has 0 saturated heterocycles. The van der Waals surface area contributed by atoms with E-state index in [1.165, 1.54) is 0 Å². The molecule has 0 aliphatic carbocycles. The third kappa shape index (κ3) is 6.72. The molecule has 0 aliphatic heterocycles. The van der Waals surface area contributed by atoms with Crippen molar-refractivity contribution in [3.63, 3.8) is 0 Å². The summed E-state index contributed by atoms with van der Waals surface area (Å²) in [5, 5.41) is 5.01. The number of nitrogens with zero attached hydrogens (tertiary/aromatic N) is 1. The van der Waals surface area contributed by atoms with Crippen molar-refractivity contribution in [1.82, 2.24) is 5.43 Å². The number of carbonyl (C=O) groups is 1. The number of amides is 1. The number of halogens is 3. The van der Waals surface area contributed by atoms with Gasteiger partial charge in [0.15, 0.2) is 0 Å². The largest absolute Gasteiger partial charge is 0.493 e. The van der Waals surface area contributed by atoms with Crippen molar-refractivity contribution in [2.75, 3.05) is 6.61 Å². The summed E-state index contributed by atoms with van der Waals surface area (Å²) in [4.78, 5) is 12.3. The summed E-state index contributed by atoms with van der Waals surface area (Å²) < 4.78 is 12.2. The molecule has 31 heavy (non-hydrogen) atoms. The smallest absolute Gasteiger partial charge is 0.271 e. The molecular formula is C23H19BrCl2N2O3. The Morgan fingerprint density at radius 3 is 2.52 bits per heavy atom. The second-order valence-corrected chi connectivity index (χ2v) is 8.11. The summed E-state index contributed by atoms with van der Waals surface area (Å²) >= 11 is 15.3. The Morgan fingerprint density at radius 1 is 1.03 bits per heavy atom. The zero-order valence-electron chi connectivity index (χ0n) is 16.6. The zero-order chi connectivity index (χ0) is 22.2. The van der Waals surface area contributed by atoms with Crippen LogP contribution in [0.25, 0.3) is 0 Å². The highest BCUT2D eigenvalue weighted by Crippen LogP contribution is 2.24. The van der Waals surface area contributed by atoms with E-state index in [1.54, 1.807) is 42.6 Å². The van der Waals surface area contributed by atoms with Gasteiger partial charge in [0.2, 0.25) is 0 Å². The monoisotopic (exact) mass is 520 g/mol. The summed E-state index contributed by atoms with van der Waals surface area (Å²) in [5.41, 5.74) is 4.62. The molecule has 3 rings (SSSR count). The van der Waals surface area contributed by atoms with Crippen molar-refractivity contribution in [1.29, 1.82) is 0 Å². The lowest BCUT2D eigenvalue weighted by molar-refractivity contribution is 0.0955. The lowest BCUT2D eigenvalue weighted by Gasteiger charge is -2.08. The van der Waals surface area contributed by atoms with Crippen molar-refractivity contribution in [2.24, 2.45) is 5.10 Å². The third-order valence-corrected chi connectivity index (χ3v) is 5.38. The Morgan fingerprint density at radius 2 is 1.81 bits per heavy atom. The maximum absolute atomic E-state index is 12.3. The van der Waals surface area contributed by atoms with Crippen LogP contribution in [0.4, 0.5) is 0 Å². The quantitative estimate of drug-likeness (QED) is 0.272. The number of hydrogen-bond donors (Lipinski definition) is 1. The highest BCUT2D eigenvalue weighted by atomic mass is 79.9. The number of ether oxygens (including phenoxy) is 2. The van der Waals surface area contributed by atoms with Crippen LogP contribution in [-0.2, 0) is 6.61 Å². The van der Waals surface area contributed by atoms with Crippen LogP contribution in [0.15, 0.2) is 70.2 Å². The fourth-order valence-corrected chi connectivity index (χ4v) is 3.33. The van der Waals surface area contributed by atoms with Gasteiger partial charge in [0.25, 0.3) is 5.91 Å². The van der Waals surface area contributed by atoms with Crippen LogP contribution in [0, 0.1) is 0 Å². The molecule has 0 heterocycles. The maximum Gasteiger partial charge on any atom is 0.271 e. The summed E-state index contributed by atoms with van der Waals surface area (Å²) in [6.07, 6.45) is 1.54. The van der Waals surface area contributed by atoms with E-state index >= 15 is 0 Å². The average Bonchev–Trinajstić information content (AvgIpc) is 2.77. The summed E-state index contributed by atoms with van der Waals surface area (Å²) in [6.45, 7) is 2.78. The van der Waals surface area contributed by atoms with Gasteiger partial charge in [-0.2, -0.15) is 5.10 Å². The van der Waals surface area contributed by atoms with Crippen molar-refractivity contribution in [3.05, 3.63) is 91.9 Å². The van der Waals surface area contributed by atoms with Gasteiger partial charge in [0, 0.05) is 15.6 Å². The Bertz CT molecular complexity index is 1090. The van der Waals surface area contributed by atoms with Gasteiger partial charge in [-0.3, -0.25) is 4.79 Å². The first kappa shape index (κ1) is 23.1. The number of benzene rings is 3. The predicted octanol–water partition coefficient (Wildman–Crippen LogP) is 6.50. The minimum Gasteiger partial charge on any atom is -0.493 e. The second-order valence-electron chi connectivity index (χ2n) is 6.38. The topological polar surface area (TPSA) is 59.9 Å². The standard InChI is InChI=1S/C23H19BrCl2N2O3/c1-2-30-22-10-6-18(24)12-17(22)13-27-28-23(29)16-4-7-19(8-5-16)31-14-15-3-9-20(25)21(26)11-15/h3-13H,2,14H2,1H3,(H,28,29). The number of carbonyl (C=O) groups excluding carboxylic acids is 1. The fourth-order valence-electron chi connectivity index (χ4n) is 2.63. The molecule has 0 radical (unpaired) electrons. The highest BCUT2D eigenvalue weighted by Gasteiger charge is 2.06. The molecule has 0 bridgehead atoms. The highest BCUT2D eigenvalue weighted by molar-refractivity contribution is 9.10. The van der Waals surface area contributed by atoms with Crippen LogP contribution in [0.5, 0.6) is 11.5 Å². The summed E-state index contributed by atoms with van der Waals surface area (Å²) in [6, 6.07) is 17.7. The van der Waals surface area contributed by atoms with E-state index in [9.17, 15) is 4.79 Å². The van der Waals surface area contributed by atoms with E-state index in [4.69, 9.17) is 32.7 Å². The molecule has 0 atom stereocenters. The maximum atomic E-state index is 12.3. The molecular weight excluding hydrogens is 503 g/mol. The van der Waals surface area contributed by atoms with Crippen molar-refractivity contribution < 1.29 is 14.3 Å². The lowest BCUT2D eigenvalue weighted by atomic mass is 10.2. The molecule has 1 amide bonds. The van der Waals surface area contributed by atoms with E-state index in [1.807, 2.05) is 31.2 Å². The molecule has 3 aromatic rings. The molecule has 3 aromatic carbocycles. The van der Waals surface area contributed by atoms with Gasteiger partial charge in [0.1, 0.15) is 18.1 Å². The van der Waals surface area contributed by atoms with Crippen LogP contribution >= 0.6 is 39.1 Å². The minimum atomic E-state index is -0.333. The molecule has 8 heteroatoms. The number of hydrogen-bond acceptors (Lipinski definition) is 4. The number of hydrazone groups is 1. The molecule has 0 saturated carbocycles. The molecule has 0 spiro atoms. The Balaban J connectivity index is 1.57. The number of nitrogens with one attached hydrogen (secondary N) is 1. The summed E-state index contributed by atoms with van der Waals surface area (Å²) in [5.74, 6) is 0.981. The predicted molar refractivity (Wildman–Crippen MR) is 128 cm³/mol. The van der Waals surface area contributed by atoms with Gasteiger partial charge < -0.3 is 9.47 Å². The van der Waals surface area contributed by atoms with Crippen molar-refractivity contribution in [2.45, 2.75) is 13.5 Å². The SMILES string of the molecule is CCOc1ccc(Br)cc1C=NNC(=O)c1ccc(OCc2ccc(Cl)c(Cl)c2)cc1. The van der Waals surface area contributed by atoms with Gasteiger partial charge in [-0.05, 0) is 67.1 Å². The Labute approximate surface area is 199 Å². The van der Waals surface area contributed by atoms with Crippen LogP contribution < -0.4 is 14.9 Å². The Kier molecular flexibility index (Phi) is 8.35. The van der Waals surface area contributed by atoms with Gasteiger partial charge in [0.05, 0.1) is 22.9 Å². The zero-order valence-corrected chi connectivity index (χ0v) is 19.7. The van der Waals surface area contributed by atoms with Crippen molar-refractivity contribution in [3.8, 4) is 11.5 Å². The van der Waals surface area contributed by atoms with Crippen molar-refractivity contribution >= 4 is 51.3 Å². The molecule has 0 unspecified atom stereocenters. The Hall–Kier alpha value is -2.54. The normalized spacial score (nSPS) is 10.8. The lowest BCUT2D eigenvalue weighted by Crippen LogP contribution is -2.17. The van der Waals surface area contributed by atoms with Gasteiger partial charge >= 0.3 is 0 Å². The second kappa shape index (κ2) is 11.2. The first-order chi connectivity index (χ1) is 15.0. The van der Waals surface area contributed by atoms with Crippen LogP contribution in [-0.4, -0.2) is 18.7 Å². The van der Waals surface area contributed by atoms with Crippen LogP contribution in [0.2, 0.25) is 10.0 Å². The molecule has 160 valence electrons. The van der Waals surface area contributed by atoms with Gasteiger partial charge in [-0.25, -0.2) is 5.43 Å². The van der Waals surface area contributed by atoms with Gasteiger partial charge in [-0.1, -0.05) is 45.2 Å². The number of rotatable bonds is 8. The van der Waals surface area contributed by atoms with Crippen LogP contribution in [0.3, 0.4) is 0 Å².